The van der Waals surface area contributed by atoms with Gasteiger partial charge in [-0.3, -0.25) is 0 Å². The molecule has 0 spiro atoms. The van der Waals surface area contributed by atoms with E-state index in [9.17, 15) is 13.2 Å². The average molecular weight is 315 g/mol. The molecule has 0 aliphatic carbocycles. The molecule has 0 aliphatic heterocycles. The average Bonchev–Trinajstić information content (AvgIpc) is 2.47. The third-order valence-corrected chi connectivity index (χ3v) is 3.32. The summed E-state index contributed by atoms with van der Waals surface area (Å²) < 4.78 is 38.0. The van der Waals surface area contributed by atoms with Crippen molar-refractivity contribution >= 4 is 17.4 Å². The Kier molecular flexibility index (Phi) is 5.07. The highest BCUT2D eigenvalue weighted by molar-refractivity contribution is 6.18. The maximum atomic E-state index is 12.7. The number of pyridine rings is 1. The summed E-state index contributed by atoms with van der Waals surface area (Å²) in [6.07, 6.45) is -2.63. The first kappa shape index (κ1) is 15.6. The Hall–Kier alpha value is -1.75. The van der Waals surface area contributed by atoms with Crippen LogP contribution in [0.15, 0.2) is 48.7 Å². The fraction of sp³-hybridized carbons (Fsp3) is 0.267. The molecule has 1 N–H and O–H groups in total. The molecule has 2 aromatic rings. The number of hydrogen-bond acceptors (Lipinski definition) is 2. The van der Waals surface area contributed by atoms with Crippen LogP contribution in [0, 0.1) is 0 Å². The second-order valence-corrected chi connectivity index (χ2v) is 4.92. The van der Waals surface area contributed by atoms with Gasteiger partial charge in [0, 0.05) is 18.1 Å². The van der Waals surface area contributed by atoms with E-state index in [4.69, 9.17) is 11.6 Å². The molecule has 2 nitrogen and oxygen atoms in total. The minimum Gasteiger partial charge on any atom is -0.366 e. The van der Waals surface area contributed by atoms with Crippen LogP contribution in [0.1, 0.15) is 11.1 Å². The second kappa shape index (κ2) is 6.80. The Bertz CT molecular complexity index is 573. The van der Waals surface area contributed by atoms with Gasteiger partial charge in [-0.25, -0.2) is 4.98 Å². The number of anilines is 1. The number of benzene rings is 1. The normalized spacial score (nSPS) is 13.0. The number of alkyl halides is 4. The molecule has 6 heteroatoms. The van der Waals surface area contributed by atoms with Crippen LogP contribution < -0.4 is 5.32 Å². The minimum atomic E-state index is -4.38. The Balaban J connectivity index is 2.08. The van der Waals surface area contributed by atoms with Crippen LogP contribution in [0.2, 0.25) is 0 Å². The van der Waals surface area contributed by atoms with Gasteiger partial charge in [0.1, 0.15) is 5.82 Å². The molecule has 21 heavy (non-hydrogen) atoms. The highest BCUT2D eigenvalue weighted by Gasteiger charge is 2.30. The first-order chi connectivity index (χ1) is 9.99. The molecule has 1 heterocycles. The number of hydrogen-bond donors (Lipinski definition) is 1. The van der Waals surface area contributed by atoms with Crippen LogP contribution in [0.3, 0.4) is 0 Å². The van der Waals surface area contributed by atoms with Crippen molar-refractivity contribution in [2.75, 3.05) is 11.2 Å². The van der Waals surface area contributed by atoms with Gasteiger partial charge in [0.25, 0.3) is 0 Å². The maximum absolute atomic E-state index is 12.7. The van der Waals surface area contributed by atoms with Crippen molar-refractivity contribution in [1.29, 1.82) is 0 Å². The van der Waals surface area contributed by atoms with Gasteiger partial charge in [0.15, 0.2) is 0 Å². The van der Waals surface area contributed by atoms with Crippen LogP contribution in [0.25, 0.3) is 0 Å². The van der Waals surface area contributed by atoms with Crippen molar-refractivity contribution in [3.63, 3.8) is 0 Å². The van der Waals surface area contributed by atoms with Crippen LogP contribution in [0.4, 0.5) is 19.0 Å². The zero-order valence-corrected chi connectivity index (χ0v) is 11.8. The summed E-state index contributed by atoms with van der Waals surface area (Å²) in [5.74, 6) is 0.443. The van der Waals surface area contributed by atoms with E-state index in [2.05, 4.69) is 10.3 Å². The lowest BCUT2D eigenvalue weighted by Gasteiger charge is -2.17. The Morgan fingerprint density at radius 1 is 1.14 bits per heavy atom. The van der Waals surface area contributed by atoms with Gasteiger partial charge in [-0.15, -0.1) is 11.6 Å². The van der Waals surface area contributed by atoms with Gasteiger partial charge < -0.3 is 5.32 Å². The summed E-state index contributed by atoms with van der Waals surface area (Å²) in [6.45, 7) is 0. The number of aromatic nitrogens is 1. The molecule has 0 fully saturated rings. The zero-order valence-electron chi connectivity index (χ0n) is 11.1. The van der Waals surface area contributed by atoms with E-state index in [-0.39, 0.29) is 17.7 Å². The molecule has 0 saturated carbocycles. The van der Waals surface area contributed by atoms with Crippen LogP contribution in [-0.4, -0.2) is 16.9 Å². The molecule has 0 bridgehead atoms. The minimum absolute atomic E-state index is 0.173. The standard InChI is InChI=1S/C15H14ClF3N2/c16-10-13(8-11-4-2-1-3-5-11)21-14-9-12(6-7-20-14)15(17,18)19/h1-7,9,13H,8,10H2,(H,20,21). The SMILES string of the molecule is FC(F)(F)c1ccnc(NC(CCl)Cc2ccccc2)c1. The summed E-state index contributed by atoms with van der Waals surface area (Å²) in [6, 6.07) is 11.3. The molecule has 0 saturated heterocycles. The summed E-state index contributed by atoms with van der Waals surface area (Å²) in [4.78, 5) is 3.91. The smallest absolute Gasteiger partial charge is 0.366 e. The number of halogens is 4. The third kappa shape index (κ3) is 4.63. The maximum Gasteiger partial charge on any atom is 0.416 e. The predicted molar refractivity (Wildman–Crippen MR) is 77.5 cm³/mol. The van der Waals surface area contributed by atoms with Gasteiger partial charge in [-0.1, -0.05) is 30.3 Å². The Labute approximate surface area is 126 Å². The van der Waals surface area contributed by atoms with Gasteiger partial charge in [0.05, 0.1) is 5.56 Å². The molecular formula is C15H14ClF3N2. The van der Waals surface area contributed by atoms with Crippen molar-refractivity contribution in [2.24, 2.45) is 0 Å². The van der Waals surface area contributed by atoms with Crippen molar-refractivity contribution in [1.82, 2.24) is 4.98 Å². The predicted octanol–water partition coefficient (Wildman–Crippen LogP) is 4.36. The molecule has 0 radical (unpaired) electrons. The lowest BCUT2D eigenvalue weighted by molar-refractivity contribution is -0.137. The van der Waals surface area contributed by atoms with Crippen molar-refractivity contribution < 1.29 is 13.2 Å². The Morgan fingerprint density at radius 2 is 1.86 bits per heavy atom. The van der Waals surface area contributed by atoms with Gasteiger partial charge in [-0.05, 0) is 24.1 Å². The molecule has 1 aromatic carbocycles. The van der Waals surface area contributed by atoms with E-state index in [1.807, 2.05) is 30.3 Å². The van der Waals surface area contributed by atoms with Crippen LogP contribution in [-0.2, 0) is 12.6 Å². The molecule has 2 rings (SSSR count). The number of nitrogens with zero attached hydrogens (tertiary/aromatic N) is 1. The quantitative estimate of drug-likeness (QED) is 0.829. The van der Waals surface area contributed by atoms with Gasteiger partial charge >= 0.3 is 6.18 Å². The summed E-state index contributed by atoms with van der Waals surface area (Å²) >= 11 is 5.88. The van der Waals surface area contributed by atoms with Gasteiger partial charge in [-0.2, -0.15) is 13.2 Å². The van der Waals surface area contributed by atoms with Crippen LogP contribution in [0.5, 0.6) is 0 Å². The Morgan fingerprint density at radius 3 is 2.48 bits per heavy atom. The van der Waals surface area contributed by atoms with E-state index in [1.165, 1.54) is 0 Å². The first-order valence-electron chi connectivity index (χ1n) is 6.38. The summed E-state index contributed by atoms with van der Waals surface area (Å²) in [5.41, 5.74) is 0.329. The molecule has 0 amide bonds. The van der Waals surface area contributed by atoms with Crippen LogP contribution >= 0.6 is 11.6 Å². The van der Waals surface area contributed by atoms with E-state index >= 15 is 0 Å². The zero-order chi connectivity index (χ0) is 15.3. The largest absolute Gasteiger partial charge is 0.416 e. The molecule has 1 atom stereocenters. The second-order valence-electron chi connectivity index (χ2n) is 4.61. The molecule has 112 valence electrons. The molecule has 0 aliphatic rings. The van der Waals surface area contributed by atoms with Crippen molar-refractivity contribution in [2.45, 2.75) is 18.6 Å². The fourth-order valence-corrected chi connectivity index (χ4v) is 2.12. The third-order valence-electron chi connectivity index (χ3n) is 2.95. The number of rotatable bonds is 5. The molecule has 1 aromatic heterocycles. The van der Waals surface area contributed by atoms with E-state index < -0.39 is 11.7 Å². The monoisotopic (exact) mass is 314 g/mol. The van der Waals surface area contributed by atoms with Crippen molar-refractivity contribution in [3.05, 3.63) is 59.8 Å². The van der Waals surface area contributed by atoms with E-state index in [0.717, 1.165) is 23.9 Å². The van der Waals surface area contributed by atoms with Crippen molar-refractivity contribution in [3.8, 4) is 0 Å². The number of nitrogens with one attached hydrogen (secondary N) is 1. The summed E-state index contributed by atoms with van der Waals surface area (Å²) in [7, 11) is 0. The van der Waals surface area contributed by atoms with E-state index in [1.54, 1.807) is 0 Å². The lowest BCUT2D eigenvalue weighted by atomic mass is 10.1. The summed E-state index contributed by atoms with van der Waals surface area (Å²) in [5, 5.41) is 2.95. The first-order valence-corrected chi connectivity index (χ1v) is 6.92. The molecule has 1 unspecified atom stereocenters. The fourth-order valence-electron chi connectivity index (χ4n) is 1.94. The highest BCUT2D eigenvalue weighted by Crippen LogP contribution is 2.30. The lowest BCUT2D eigenvalue weighted by Crippen LogP contribution is -2.25. The molecular weight excluding hydrogens is 301 g/mol. The highest BCUT2D eigenvalue weighted by atomic mass is 35.5. The topological polar surface area (TPSA) is 24.9 Å². The van der Waals surface area contributed by atoms with E-state index in [0.29, 0.717) is 6.42 Å². The van der Waals surface area contributed by atoms with Gasteiger partial charge in [0.2, 0.25) is 0 Å².